The number of methoxy groups -OCH3 is 2. The lowest BCUT2D eigenvalue weighted by Crippen LogP contribution is -2.67. The van der Waals surface area contributed by atoms with Gasteiger partial charge in [-0.1, -0.05) is 23.7 Å². The summed E-state index contributed by atoms with van der Waals surface area (Å²) in [5.41, 5.74) is 2.43. The quantitative estimate of drug-likeness (QED) is 0.265. The van der Waals surface area contributed by atoms with Gasteiger partial charge in [0.2, 0.25) is 0 Å². The van der Waals surface area contributed by atoms with Gasteiger partial charge in [0.15, 0.2) is 12.6 Å². The van der Waals surface area contributed by atoms with E-state index in [1.54, 1.807) is 7.11 Å². The third kappa shape index (κ3) is 5.62. The van der Waals surface area contributed by atoms with Gasteiger partial charge in [-0.25, -0.2) is 4.39 Å². The average molecular weight is 569 g/mol. The fourth-order valence-corrected chi connectivity index (χ4v) is 6.82. The lowest BCUT2D eigenvalue weighted by molar-refractivity contribution is -0.0976. The van der Waals surface area contributed by atoms with Gasteiger partial charge in [-0.05, 0) is 81.8 Å². The predicted molar refractivity (Wildman–Crippen MR) is 156 cm³/mol. The topological polar surface area (TPSA) is 60.0 Å². The molecule has 0 spiro atoms. The molecule has 0 amide bonds. The van der Waals surface area contributed by atoms with Crippen LogP contribution in [0, 0.1) is 5.82 Å². The van der Waals surface area contributed by atoms with E-state index in [0.29, 0.717) is 23.0 Å². The summed E-state index contributed by atoms with van der Waals surface area (Å²) in [6.45, 7) is 5.77. The Morgan fingerprint density at radius 1 is 1.02 bits per heavy atom. The lowest BCUT2D eigenvalue weighted by atomic mass is 9.66. The molecule has 2 aliphatic heterocycles. The molecule has 9 heteroatoms. The fourth-order valence-electron chi connectivity index (χ4n) is 6.67. The third-order valence-corrected chi connectivity index (χ3v) is 9.06. The van der Waals surface area contributed by atoms with Crippen molar-refractivity contribution >= 4 is 17.4 Å². The SMILES string of the molecule is COCOc1cc(Cl)c(F)cc1-c1ccc(N(C)[C@@H]2C[C@]3(C)CCC[C@](C)(C2)N3Cc2ccc(OC)cc2)nn1. The van der Waals surface area contributed by atoms with E-state index in [9.17, 15) is 4.39 Å². The summed E-state index contributed by atoms with van der Waals surface area (Å²) in [7, 11) is 5.33. The summed E-state index contributed by atoms with van der Waals surface area (Å²) >= 11 is 5.99. The number of hydrogen-bond acceptors (Lipinski definition) is 7. The van der Waals surface area contributed by atoms with Crippen LogP contribution in [0.4, 0.5) is 10.2 Å². The normalized spacial score (nSPS) is 24.5. The van der Waals surface area contributed by atoms with Gasteiger partial charge in [0.25, 0.3) is 0 Å². The molecule has 0 N–H and O–H groups in total. The van der Waals surface area contributed by atoms with Crippen molar-refractivity contribution in [2.24, 2.45) is 0 Å². The maximum atomic E-state index is 14.3. The molecular weight excluding hydrogens is 531 g/mol. The van der Waals surface area contributed by atoms with Crippen LogP contribution in [0.5, 0.6) is 11.5 Å². The van der Waals surface area contributed by atoms with Crippen LogP contribution in [-0.4, -0.2) is 60.3 Å². The maximum Gasteiger partial charge on any atom is 0.188 e. The summed E-state index contributed by atoms with van der Waals surface area (Å²) in [5, 5.41) is 8.98. The third-order valence-electron chi connectivity index (χ3n) is 8.77. The molecule has 0 saturated carbocycles. The van der Waals surface area contributed by atoms with E-state index >= 15 is 0 Å². The van der Waals surface area contributed by atoms with Crippen molar-refractivity contribution in [3.8, 4) is 22.8 Å². The number of anilines is 1. The molecule has 2 fully saturated rings. The van der Waals surface area contributed by atoms with Crippen LogP contribution >= 0.6 is 11.6 Å². The van der Waals surface area contributed by atoms with Crippen molar-refractivity contribution in [2.75, 3.05) is 33.0 Å². The summed E-state index contributed by atoms with van der Waals surface area (Å²) in [6.07, 6.45) is 5.65. The van der Waals surface area contributed by atoms with Gasteiger partial charge in [-0.3, -0.25) is 4.90 Å². The fraction of sp³-hybridized carbons (Fsp3) is 0.484. The minimum absolute atomic E-state index is 0.0118. The Morgan fingerprint density at radius 3 is 2.33 bits per heavy atom. The van der Waals surface area contributed by atoms with Crippen molar-refractivity contribution < 1.29 is 18.6 Å². The molecule has 40 heavy (non-hydrogen) atoms. The van der Waals surface area contributed by atoms with Crippen LogP contribution in [-0.2, 0) is 11.3 Å². The van der Waals surface area contributed by atoms with E-state index in [4.69, 9.17) is 25.8 Å². The Hall–Kier alpha value is -2.94. The van der Waals surface area contributed by atoms with E-state index in [2.05, 4.69) is 53.0 Å². The zero-order valence-electron chi connectivity index (χ0n) is 23.9. The summed E-state index contributed by atoms with van der Waals surface area (Å²) in [4.78, 5) is 5.00. The van der Waals surface area contributed by atoms with Crippen LogP contribution in [0.2, 0.25) is 5.02 Å². The lowest BCUT2D eigenvalue weighted by Gasteiger charge is -2.62. The Balaban J connectivity index is 1.35. The molecule has 2 saturated heterocycles. The molecule has 7 nitrogen and oxygen atoms in total. The van der Waals surface area contributed by atoms with Crippen molar-refractivity contribution in [1.29, 1.82) is 0 Å². The maximum absolute atomic E-state index is 14.3. The Labute approximate surface area is 241 Å². The standard InChI is InChI=1S/C31H38ClFN4O3/c1-30-13-6-14-31(2,37(30)19-21-7-9-23(39-5)10-8-21)18-22(17-30)36(3)29-12-11-27(34-35-29)24-15-26(33)25(32)16-28(24)40-20-38-4/h7-12,15-16,22H,6,13-14,17-20H2,1-5H3/t22-,30+,31-. The molecule has 3 aromatic rings. The molecule has 0 radical (unpaired) electrons. The largest absolute Gasteiger partial charge is 0.497 e. The number of nitrogens with zero attached hydrogens (tertiary/aromatic N) is 4. The minimum Gasteiger partial charge on any atom is -0.497 e. The van der Waals surface area contributed by atoms with E-state index < -0.39 is 5.82 Å². The molecule has 0 unspecified atom stereocenters. The van der Waals surface area contributed by atoms with Crippen LogP contribution in [0.3, 0.4) is 0 Å². The highest BCUT2D eigenvalue weighted by atomic mass is 35.5. The first-order valence-corrected chi connectivity index (χ1v) is 14.1. The van der Waals surface area contributed by atoms with E-state index in [0.717, 1.165) is 31.0 Å². The molecule has 3 heterocycles. The zero-order valence-corrected chi connectivity index (χ0v) is 24.7. The number of aromatic nitrogens is 2. The first kappa shape index (κ1) is 28.6. The Bertz CT molecular complexity index is 1310. The number of halogens is 2. The number of benzene rings is 2. The number of rotatable bonds is 9. The molecule has 5 rings (SSSR count). The van der Waals surface area contributed by atoms with E-state index in [-0.39, 0.29) is 22.9 Å². The van der Waals surface area contributed by atoms with Gasteiger partial charge in [0, 0.05) is 49.5 Å². The highest BCUT2D eigenvalue weighted by molar-refractivity contribution is 6.31. The number of fused-ring (bicyclic) bond motifs is 2. The minimum atomic E-state index is -0.543. The molecular formula is C31H38ClFN4O3. The van der Waals surface area contributed by atoms with Gasteiger partial charge >= 0.3 is 0 Å². The summed E-state index contributed by atoms with van der Waals surface area (Å²) < 4.78 is 30.3. The second kappa shape index (κ2) is 11.5. The summed E-state index contributed by atoms with van der Waals surface area (Å²) in [5.74, 6) is 1.52. The van der Waals surface area contributed by atoms with Crippen molar-refractivity contribution in [3.05, 3.63) is 64.9 Å². The zero-order chi connectivity index (χ0) is 28.5. The first-order valence-electron chi connectivity index (χ1n) is 13.7. The molecule has 2 aliphatic rings. The van der Waals surface area contributed by atoms with Gasteiger partial charge in [0.1, 0.15) is 17.3 Å². The Kier molecular flexibility index (Phi) is 8.22. The van der Waals surface area contributed by atoms with Crippen LogP contribution < -0.4 is 14.4 Å². The van der Waals surface area contributed by atoms with E-state index in [1.807, 2.05) is 24.3 Å². The van der Waals surface area contributed by atoms with Crippen molar-refractivity contribution in [1.82, 2.24) is 15.1 Å². The van der Waals surface area contributed by atoms with E-state index in [1.165, 1.54) is 44.1 Å². The summed E-state index contributed by atoms with van der Waals surface area (Å²) in [6, 6.07) is 15.3. The predicted octanol–water partition coefficient (Wildman–Crippen LogP) is 6.73. The highest BCUT2D eigenvalue weighted by Gasteiger charge is 2.53. The van der Waals surface area contributed by atoms with Crippen molar-refractivity contribution in [2.45, 2.75) is 69.6 Å². The number of ether oxygens (including phenoxy) is 3. The monoisotopic (exact) mass is 568 g/mol. The first-order chi connectivity index (χ1) is 19.2. The Morgan fingerprint density at radius 2 is 1.73 bits per heavy atom. The highest BCUT2D eigenvalue weighted by Crippen LogP contribution is 2.50. The molecule has 2 bridgehead atoms. The second-order valence-corrected chi connectivity index (χ2v) is 12.0. The molecule has 3 atom stereocenters. The van der Waals surface area contributed by atoms with Crippen molar-refractivity contribution in [3.63, 3.8) is 0 Å². The van der Waals surface area contributed by atoms with Crippen LogP contribution in [0.1, 0.15) is 51.5 Å². The number of piperidine rings is 2. The molecule has 1 aromatic heterocycles. The van der Waals surface area contributed by atoms with Crippen LogP contribution in [0.15, 0.2) is 48.5 Å². The van der Waals surface area contributed by atoms with Gasteiger partial charge < -0.3 is 19.1 Å². The van der Waals surface area contributed by atoms with Gasteiger partial charge in [-0.2, -0.15) is 0 Å². The van der Waals surface area contributed by atoms with Gasteiger partial charge in [-0.15, -0.1) is 10.2 Å². The van der Waals surface area contributed by atoms with Gasteiger partial charge in [0.05, 0.1) is 17.8 Å². The molecule has 2 aromatic carbocycles. The average Bonchev–Trinajstić information content (AvgIpc) is 2.94. The molecule has 214 valence electrons. The number of hydrogen-bond donors (Lipinski definition) is 0. The molecule has 0 aliphatic carbocycles. The smallest absolute Gasteiger partial charge is 0.188 e. The second-order valence-electron chi connectivity index (χ2n) is 11.5. The van der Waals surface area contributed by atoms with Crippen LogP contribution in [0.25, 0.3) is 11.3 Å².